The van der Waals surface area contributed by atoms with Crippen LogP contribution in [-0.2, 0) is 10.5 Å². The summed E-state index contributed by atoms with van der Waals surface area (Å²) in [6.07, 6.45) is 2.56. The Balaban J connectivity index is 1.46. The van der Waals surface area contributed by atoms with Crippen LogP contribution in [0.4, 0.5) is 10.1 Å². The van der Waals surface area contributed by atoms with Crippen molar-refractivity contribution in [3.8, 4) is 0 Å². The average molecular weight is 401 g/mol. The maximum atomic E-state index is 13.6. The van der Waals surface area contributed by atoms with Gasteiger partial charge in [-0.3, -0.25) is 4.79 Å². The quantitative estimate of drug-likeness (QED) is 0.696. The molecule has 1 saturated heterocycles. The van der Waals surface area contributed by atoms with E-state index in [0.29, 0.717) is 17.1 Å². The number of amides is 1. The highest BCUT2D eigenvalue weighted by molar-refractivity contribution is 7.99. The number of nitrogens with zero attached hydrogens (tertiary/aromatic N) is 1. The van der Waals surface area contributed by atoms with Gasteiger partial charge in [0.2, 0.25) is 5.91 Å². The molecule has 1 fully saturated rings. The highest BCUT2D eigenvalue weighted by Gasteiger charge is 2.17. The van der Waals surface area contributed by atoms with Gasteiger partial charge in [-0.25, -0.2) is 4.39 Å². The van der Waals surface area contributed by atoms with Crippen LogP contribution in [0, 0.1) is 11.7 Å². The molecule has 0 unspecified atom stereocenters. The SMILES string of the molecule is C[C@H]1CCCN(c2ccc([C@@H](C)NC(=O)CSCc3ccccc3F)cc2)C1. The van der Waals surface area contributed by atoms with Crippen LogP contribution >= 0.6 is 11.8 Å². The van der Waals surface area contributed by atoms with Gasteiger partial charge >= 0.3 is 0 Å². The van der Waals surface area contributed by atoms with E-state index >= 15 is 0 Å². The molecule has 1 aliphatic rings. The summed E-state index contributed by atoms with van der Waals surface area (Å²) >= 11 is 1.43. The molecular formula is C23H29FN2OS. The second kappa shape index (κ2) is 9.97. The van der Waals surface area contributed by atoms with E-state index in [0.717, 1.165) is 24.6 Å². The molecule has 3 nitrogen and oxygen atoms in total. The zero-order valence-corrected chi connectivity index (χ0v) is 17.5. The fourth-order valence-corrected chi connectivity index (χ4v) is 4.46. The summed E-state index contributed by atoms with van der Waals surface area (Å²) in [6, 6.07) is 15.2. The van der Waals surface area contributed by atoms with Gasteiger partial charge in [-0.2, -0.15) is 0 Å². The third-order valence-corrected chi connectivity index (χ3v) is 6.22. The number of benzene rings is 2. The minimum Gasteiger partial charge on any atom is -0.371 e. The Labute approximate surface area is 171 Å². The van der Waals surface area contributed by atoms with Gasteiger partial charge in [0.15, 0.2) is 0 Å². The highest BCUT2D eigenvalue weighted by Crippen LogP contribution is 2.24. The maximum absolute atomic E-state index is 13.6. The molecule has 3 rings (SSSR count). The molecule has 2 aromatic rings. The molecule has 0 radical (unpaired) electrons. The minimum atomic E-state index is -0.216. The van der Waals surface area contributed by atoms with Crippen LogP contribution in [-0.4, -0.2) is 24.7 Å². The van der Waals surface area contributed by atoms with Crippen molar-refractivity contribution in [1.29, 1.82) is 0 Å². The van der Waals surface area contributed by atoms with Crippen molar-refractivity contribution in [1.82, 2.24) is 5.32 Å². The van der Waals surface area contributed by atoms with Crippen molar-refractivity contribution in [2.24, 2.45) is 5.92 Å². The molecule has 1 heterocycles. The second-order valence-corrected chi connectivity index (χ2v) is 8.64. The molecule has 1 amide bonds. The molecule has 1 N–H and O–H groups in total. The molecule has 0 bridgehead atoms. The normalized spacial score (nSPS) is 18.0. The van der Waals surface area contributed by atoms with E-state index in [2.05, 4.69) is 41.4 Å². The van der Waals surface area contributed by atoms with Crippen LogP contribution in [0.3, 0.4) is 0 Å². The van der Waals surface area contributed by atoms with Crippen molar-refractivity contribution in [3.05, 3.63) is 65.5 Å². The van der Waals surface area contributed by atoms with E-state index < -0.39 is 0 Å². The van der Waals surface area contributed by atoms with E-state index in [1.54, 1.807) is 12.1 Å². The lowest BCUT2D eigenvalue weighted by Gasteiger charge is -2.33. The minimum absolute atomic E-state index is 0.0252. The number of halogens is 1. The van der Waals surface area contributed by atoms with E-state index in [1.807, 2.05) is 13.0 Å². The first-order chi connectivity index (χ1) is 13.5. The molecule has 28 heavy (non-hydrogen) atoms. The summed E-state index contributed by atoms with van der Waals surface area (Å²) in [5.41, 5.74) is 2.99. The first-order valence-corrected chi connectivity index (χ1v) is 11.1. The summed E-state index contributed by atoms with van der Waals surface area (Å²) in [6.45, 7) is 6.54. The Kier molecular flexibility index (Phi) is 7.37. The van der Waals surface area contributed by atoms with E-state index in [1.165, 1.54) is 36.4 Å². The molecule has 0 aliphatic carbocycles. The number of nitrogens with one attached hydrogen (secondary N) is 1. The molecule has 1 aliphatic heterocycles. The van der Waals surface area contributed by atoms with Crippen molar-refractivity contribution in [3.63, 3.8) is 0 Å². The third-order valence-electron chi connectivity index (χ3n) is 5.24. The number of piperidine rings is 1. The zero-order valence-electron chi connectivity index (χ0n) is 16.7. The number of thioether (sulfide) groups is 1. The molecular weight excluding hydrogens is 371 g/mol. The summed E-state index contributed by atoms with van der Waals surface area (Å²) in [5.74, 6) is 1.32. The predicted molar refractivity (Wildman–Crippen MR) is 116 cm³/mol. The smallest absolute Gasteiger partial charge is 0.230 e. The monoisotopic (exact) mass is 400 g/mol. The Morgan fingerprint density at radius 3 is 2.71 bits per heavy atom. The number of carbonyl (C=O) groups excluding carboxylic acids is 1. The summed E-state index contributed by atoms with van der Waals surface area (Å²) in [7, 11) is 0. The number of hydrogen-bond donors (Lipinski definition) is 1. The second-order valence-electron chi connectivity index (χ2n) is 7.66. The zero-order chi connectivity index (χ0) is 19.9. The van der Waals surface area contributed by atoms with Crippen molar-refractivity contribution < 1.29 is 9.18 Å². The first-order valence-electron chi connectivity index (χ1n) is 9.98. The lowest BCUT2D eigenvalue weighted by Crippen LogP contribution is -2.34. The summed E-state index contributed by atoms with van der Waals surface area (Å²) < 4.78 is 13.6. The number of rotatable bonds is 7. The van der Waals surface area contributed by atoms with Gasteiger partial charge in [0, 0.05) is 24.5 Å². The van der Waals surface area contributed by atoms with Gasteiger partial charge in [0.1, 0.15) is 5.82 Å². The number of hydrogen-bond acceptors (Lipinski definition) is 3. The number of carbonyl (C=O) groups is 1. The first kappa shape index (κ1) is 20.7. The molecule has 150 valence electrons. The van der Waals surface area contributed by atoms with Crippen LogP contribution in [0.1, 0.15) is 43.9 Å². The van der Waals surface area contributed by atoms with Crippen LogP contribution in [0.5, 0.6) is 0 Å². The van der Waals surface area contributed by atoms with Crippen LogP contribution < -0.4 is 10.2 Å². The lowest BCUT2D eigenvalue weighted by molar-refractivity contribution is -0.119. The third kappa shape index (κ3) is 5.74. The van der Waals surface area contributed by atoms with E-state index in [-0.39, 0.29) is 17.8 Å². The van der Waals surface area contributed by atoms with Gasteiger partial charge in [0.05, 0.1) is 11.8 Å². The predicted octanol–water partition coefficient (Wildman–Crippen LogP) is 5.17. The van der Waals surface area contributed by atoms with Gasteiger partial charge in [-0.05, 0) is 55.0 Å². The molecule has 0 spiro atoms. The van der Waals surface area contributed by atoms with Gasteiger partial charge in [-0.15, -0.1) is 11.8 Å². The molecule has 0 saturated carbocycles. The van der Waals surface area contributed by atoms with Gasteiger partial charge < -0.3 is 10.2 Å². The lowest BCUT2D eigenvalue weighted by atomic mass is 9.99. The van der Waals surface area contributed by atoms with Crippen molar-refractivity contribution in [2.45, 2.75) is 38.5 Å². The standard InChI is InChI=1S/C23H29FN2OS/c1-17-6-5-13-26(14-17)21-11-9-19(10-12-21)18(2)25-23(27)16-28-15-20-7-3-4-8-22(20)24/h3-4,7-12,17-18H,5-6,13-16H2,1-2H3,(H,25,27)/t17-,18+/m0/s1. The Hall–Kier alpha value is -2.01. The largest absolute Gasteiger partial charge is 0.371 e. The average Bonchev–Trinajstić information content (AvgIpc) is 2.69. The number of anilines is 1. The fourth-order valence-electron chi connectivity index (χ4n) is 3.63. The van der Waals surface area contributed by atoms with Crippen molar-refractivity contribution in [2.75, 3.05) is 23.7 Å². The van der Waals surface area contributed by atoms with E-state index in [9.17, 15) is 9.18 Å². The topological polar surface area (TPSA) is 32.3 Å². The van der Waals surface area contributed by atoms with Gasteiger partial charge in [-0.1, -0.05) is 37.3 Å². The van der Waals surface area contributed by atoms with Gasteiger partial charge in [0.25, 0.3) is 0 Å². The summed E-state index contributed by atoms with van der Waals surface area (Å²) in [5, 5.41) is 3.04. The Bertz CT molecular complexity index is 780. The Morgan fingerprint density at radius 2 is 2.00 bits per heavy atom. The molecule has 0 aromatic heterocycles. The summed E-state index contributed by atoms with van der Waals surface area (Å²) in [4.78, 5) is 14.7. The molecule has 5 heteroatoms. The Morgan fingerprint density at radius 1 is 1.25 bits per heavy atom. The van der Waals surface area contributed by atoms with E-state index in [4.69, 9.17) is 0 Å². The fraction of sp³-hybridized carbons (Fsp3) is 0.435. The molecule has 2 aromatic carbocycles. The highest BCUT2D eigenvalue weighted by atomic mass is 32.2. The van der Waals surface area contributed by atoms with Crippen LogP contribution in [0.2, 0.25) is 0 Å². The molecule has 2 atom stereocenters. The van der Waals surface area contributed by atoms with Crippen LogP contribution in [0.15, 0.2) is 48.5 Å². The van der Waals surface area contributed by atoms with Crippen LogP contribution in [0.25, 0.3) is 0 Å². The maximum Gasteiger partial charge on any atom is 0.230 e. The van der Waals surface area contributed by atoms with Crippen molar-refractivity contribution >= 4 is 23.4 Å².